The zero-order valence-electron chi connectivity index (χ0n) is 33.2. The third kappa shape index (κ3) is 8.42. The molecule has 1 fully saturated rings. The van der Waals surface area contributed by atoms with E-state index in [0.717, 1.165) is 40.3 Å². The fraction of sp³-hybridized carbons (Fsp3) is 0.558. The van der Waals surface area contributed by atoms with Crippen LogP contribution < -0.4 is 14.8 Å². The van der Waals surface area contributed by atoms with Gasteiger partial charge in [0, 0.05) is 23.5 Å². The predicted octanol–water partition coefficient (Wildman–Crippen LogP) is 9.63. The van der Waals surface area contributed by atoms with E-state index in [4.69, 9.17) is 9.47 Å². The molecule has 276 valence electrons. The first-order valence-electron chi connectivity index (χ1n) is 17.8. The molecule has 0 saturated heterocycles. The molecule has 7 heteroatoms. The third-order valence-electron chi connectivity index (χ3n) is 10.1. The van der Waals surface area contributed by atoms with Crippen LogP contribution in [-0.4, -0.2) is 43.7 Å². The second kappa shape index (κ2) is 17.5. The number of rotatable bonds is 13. The Hall–Kier alpha value is -3.71. The number of benzene rings is 1. The summed E-state index contributed by atoms with van der Waals surface area (Å²) in [5.74, 6) is -0.599. The lowest BCUT2D eigenvalue weighted by Gasteiger charge is -2.60. The maximum absolute atomic E-state index is 14.8. The van der Waals surface area contributed by atoms with Crippen molar-refractivity contribution >= 4 is 17.3 Å². The number of Topliss-reactive ketones (excluding diaryl/α,β-unsaturated/α-hetero) is 3. The number of hydrogen-bond acceptors (Lipinski definition) is 7. The fourth-order valence-corrected chi connectivity index (χ4v) is 7.55. The first-order chi connectivity index (χ1) is 23.3. The highest BCUT2D eigenvalue weighted by Gasteiger charge is 2.75. The molecule has 1 aromatic rings. The number of carbonyl (C=O) groups is 3. The van der Waals surface area contributed by atoms with Gasteiger partial charge in [0.15, 0.2) is 34.3 Å². The van der Waals surface area contributed by atoms with Gasteiger partial charge in [-0.25, -0.2) is 0 Å². The summed E-state index contributed by atoms with van der Waals surface area (Å²) < 4.78 is 10.3. The molecule has 0 heterocycles. The Balaban J connectivity index is 0.000000557. The number of aliphatic hydroxyl groups excluding tert-OH is 1. The van der Waals surface area contributed by atoms with Crippen LogP contribution in [0.5, 0.6) is 11.5 Å². The number of carbonyl (C=O) groups excluding carboxylic acids is 3. The zero-order valence-corrected chi connectivity index (χ0v) is 33.2. The summed E-state index contributed by atoms with van der Waals surface area (Å²) in [6.45, 7) is 22.1. The summed E-state index contributed by atoms with van der Waals surface area (Å²) >= 11 is 0. The molecule has 2 aliphatic carbocycles. The van der Waals surface area contributed by atoms with Gasteiger partial charge in [-0.2, -0.15) is 0 Å². The van der Waals surface area contributed by atoms with Crippen LogP contribution >= 0.6 is 0 Å². The van der Waals surface area contributed by atoms with Crippen molar-refractivity contribution in [2.24, 2.45) is 28.1 Å². The minimum atomic E-state index is -1.87. The van der Waals surface area contributed by atoms with Gasteiger partial charge in [-0.3, -0.25) is 14.4 Å². The molecule has 0 spiro atoms. The molecular weight excluding hydrogens is 626 g/mol. The van der Waals surface area contributed by atoms with Crippen LogP contribution in [0, 0.1) is 28.1 Å². The fourth-order valence-electron chi connectivity index (χ4n) is 7.55. The Morgan fingerprint density at radius 3 is 1.98 bits per heavy atom. The molecule has 0 radical (unpaired) electrons. The normalized spacial score (nSPS) is 24.1. The van der Waals surface area contributed by atoms with Crippen molar-refractivity contribution in [1.29, 1.82) is 0 Å². The number of ether oxygens (including phenoxy) is 2. The first kappa shape index (κ1) is 42.5. The molecule has 2 bridgehead atoms. The lowest BCUT2D eigenvalue weighted by Crippen LogP contribution is -2.70. The molecule has 2 N–H and O–H groups in total. The van der Waals surface area contributed by atoms with Crippen LogP contribution in [0.2, 0.25) is 0 Å². The molecule has 3 rings (SSSR count). The number of ketones is 3. The molecule has 4 unspecified atom stereocenters. The molecule has 4 atom stereocenters. The predicted molar refractivity (Wildman–Crippen MR) is 204 cm³/mol. The van der Waals surface area contributed by atoms with Crippen molar-refractivity contribution in [3.8, 4) is 11.5 Å². The van der Waals surface area contributed by atoms with Gasteiger partial charge in [-0.15, -0.1) is 0 Å². The Labute approximate surface area is 302 Å². The second-order valence-corrected chi connectivity index (χ2v) is 15.5. The minimum Gasteiger partial charge on any atom is -0.510 e. The summed E-state index contributed by atoms with van der Waals surface area (Å²) in [4.78, 5) is 43.9. The molecule has 1 saturated carbocycles. The molecular formula is C43H63NO6. The number of fused-ring (bicyclic) bond motifs is 2. The monoisotopic (exact) mass is 689 g/mol. The van der Waals surface area contributed by atoms with E-state index in [1.54, 1.807) is 28.1 Å². The van der Waals surface area contributed by atoms with Gasteiger partial charge in [0.1, 0.15) is 11.2 Å². The Morgan fingerprint density at radius 2 is 1.50 bits per heavy atom. The lowest BCUT2D eigenvalue weighted by atomic mass is 9.38. The second-order valence-electron chi connectivity index (χ2n) is 15.5. The maximum atomic E-state index is 14.8. The summed E-state index contributed by atoms with van der Waals surface area (Å²) in [5, 5.41) is 14.9. The highest BCUT2D eigenvalue weighted by Crippen LogP contribution is 2.67. The third-order valence-corrected chi connectivity index (χ3v) is 10.1. The van der Waals surface area contributed by atoms with Gasteiger partial charge in [0.2, 0.25) is 0 Å². The number of methoxy groups -OCH3 is 2. The van der Waals surface area contributed by atoms with Gasteiger partial charge >= 0.3 is 0 Å². The van der Waals surface area contributed by atoms with Crippen molar-refractivity contribution in [2.45, 2.75) is 108 Å². The topological polar surface area (TPSA) is 102 Å². The average molecular weight is 690 g/mol. The number of aliphatic hydroxyl groups is 1. The number of allylic oxidation sites excluding steroid dienone is 9. The quantitative estimate of drug-likeness (QED) is 0.157. The van der Waals surface area contributed by atoms with Crippen LogP contribution in [0.3, 0.4) is 0 Å². The molecule has 50 heavy (non-hydrogen) atoms. The first-order valence-corrected chi connectivity index (χ1v) is 17.8. The lowest BCUT2D eigenvalue weighted by molar-refractivity contribution is -0.176. The van der Waals surface area contributed by atoms with Crippen molar-refractivity contribution < 1.29 is 29.0 Å². The summed E-state index contributed by atoms with van der Waals surface area (Å²) in [6.07, 6.45) is 9.53. The van der Waals surface area contributed by atoms with Gasteiger partial charge in [0.05, 0.1) is 14.2 Å². The SMILES string of the molecule is CC(C)=CCC1=C(O)C2(C=C(C)C)CC(CC=C(C)C)C(C)(CC=C(C)C)C(C(=O)C(C)C)(C1=O)C2=O.CNCc1ccc(OC)c(OC)c1. The Bertz CT molecular complexity index is 1570. The van der Waals surface area contributed by atoms with E-state index in [1.807, 2.05) is 99.7 Å². The number of hydrogen-bond donors (Lipinski definition) is 2. The van der Waals surface area contributed by atoms with E-state index in [2.05, 4.69) is 17.5 Å². The largest absolute Gasteiger partial charge is 0.510 e. The van der Waals surface area contributed by atoms with Crippen LogP contribution in [-0.2, 0) is 20.9 Å². The van der Waals surface area contributed by atoms with Gasteiger partial charge in [0.25, 0.3) is 0 Å². The molecule has 0 aliphatic heterocycles. The van der Waals surface area contributed by atoms with E-state index in [9.17, 15) is 19.5 Å². The highest BCUT2D eigenvalue weighted by atomic mass is 16.5. The van der Waals surface area contributed by atoms with Crippen LogP contribution in [0.4, 0.5) is 0 Å². The molecule has 2 aliphatic rings. The van der Waals surface area contributed by atoms with Crippen molar-refractivity contribution in [3.63, 3.8) is 0 Å². The Kier molecular flexibility index (Phi) is 14.8. The minimum absolute atomic E-state index is 0.167. The highest BCUT2D eigenvalue weighted by molar-refractivity contribution is 6.34. The zero-order chi connectivity index (χ0) is 38.2. The molecule has 0 amide bonds. The Morgan fingerprint density at radius 1 is 0.920 bits per heavy atom. The van der Waals surface area contributed by atoms with Crippen molar-refractivity contribution in [2.75, 3.05) is 21.3 Å². The molecule has 7 nitrogen and oxygen atoms in total. The summed E-state index contributed by atoms with van der Waals surface area (Å²) in [5.41, 5.74) is 1.27. The summed E-state index contributed by atoms with van der Waals surface area (Å²) in [7, 11) is 5.19. The molecule has 1 aromatic carbocycles. The van der Waals surface area contributed by atoms with Gasteiger partial charge in [-0.05, 0) is 112 Å². The maximum Gasteiger partial charge on any atom is 0.184 e. The van der Waals surface area contributed by atoms with Gasteiger partial charge in [-0.1, -0.05) is 73.4 Å². The van der Waals surface area contributed by atoms with E-state index >= 15 is 0 Å². The van der Waals surface area contributed by atoms with Crippen molar-refractivity contribution in [3.05, 3.63) is 81.7 Å². The average Bonchev–Trinajstić information content (AvgIpc) is 3.04. The number of nitrogens with one attached hydrogen (secondary N) is 1. The van der Waals surface area contributed by atoms with Crippen molar-refractivity contribution in [1.82, 2.24) is 5.32 Å². The van der Waals surface area contributed by atoms with Crippen LogP contribution in [0.25, 0.3) is 0 Å². The van der Waals surface area contributed by atoms with E-state index in [-0.39, 0.29) is 29.5 Å². The van der Waals surface area contributed by atoms with E-state index in [0.29, 0.717) is 19.3 Å². The molecule has 0 aromatic heterocycles. The summed E-state index contributed by atoms with van der Waals surface area (Å²) in [6, 6.07) is 5.89. The standard InChI is InChI=1S/C33H48O4.C10H15NO2/c1-20(2)12-14-25-19-32(18-23(7)8)28(35)26(15-13-21(3)4)29(36)33(30(32)37,27(34)24(9)10)31(25,11)17-16-22(5)6;1-11-7-8-4-5-9(12-2)10(6-8)13-3/h12-13,16,18,24-25,35H,14-15,17,19H2,1-11H3;4-6,11H,7H2,1-3H3. The van der Waals surface area contributed by atoms with E-state index in [1.165, 1.54) is 5.56 Å². The van der Waals surface area contributed by atoms with Crippen LogP contribution in [0.1, 0.15) is 107 Å². The van der Waals surface area contributed by atoms with Gasteiger partial charge < -0.3 is 19.9 Å². The van der Waals surface area contributed by atoms with Crippen LogP contribution in [0.15, 0.2) is 76.1 Å². The van der Waals surface area contributed by atoms with E-state index < -0.39 is 33.7 Å². The smallest absolute Gasteiger partial charge is 0.184 e.